The molecule has 140 valence electrons. The van der Waals surface area contributed by atoms with Crippen molar-refractivity contribution in [3.05, 3.63) is 35.9 Å². The second-order valence-corrected chi connectivity index (χ2v) is 7.10. The van der Waals surface area contributed by atoms with E-state index in [2.05, 4.69) is 15.9 Å². The van der Waals surface area contributed by atoms with Gasteiger partial charge in [0, 0.05) is 11.9 Å². The summed E-state index contributed by atoms with van der Waals surface area (Å²) in [5, 5.41) is 0.744. The van der Waals surface area contributed by atoms with Crippen molar-refractivity contribution in [3.8, 4) is 0 Å². The van der Waals surface area contributed by atoms with Crippen molar-refractivity contribution < 1.29 is 19.1 Å². The van der Waals surface area contributed by atoms with Gasteiger partial charge in [-0.15, -0.1) is 0 Å². The fourth-order valence-electron chi connectivity index (χ4n) is 2.28. The van der Waals surface area contributed by atoms with Crippen molar-refractivity contribution in [2.24, 2.45) is 0 Å². The molecule has 1 amide bonds. The maximum atomic E-state index is 12.6. The molecule has 0 heterocycles. The molecule has 0 saturated carbocycles. The zero-order valence-corrected chi connectivity index (χ0v) is 17.2. The van der Waals surface area contributed by atoms with Gasteiger partial charge in [0.1, 0.15) is 12.6 Å². The first-order chi connectivity index (χ1) is 12.1. The van der Waals surface area contributed by atoms with E-state index in [-0.39, 0.29) is 12.6 Å². The highest BCUT2D eigenvalue weighted by Gasteiger charge is 2.31. The van der Waals surface area contributed by atoms with Crippen molar-refractivity contribution in [3.63, 3.8) is 0 Å². The Morgan fingerprint density at radius 1 is 1.24 bits per heavy atom. The quantitative estimate of drug-likeness (QED) is 0.389. The fraction of sp³-hybridized carbons (Fsp3) is 0.556. The highest BCUT2D eigenvalue weighted by Crippen LogP contribution is 2.14. The number of halogens is 1. The van der Waals surface area contributed by atoms with Gasteiger partial charge in [-0.3, -0.25) is 4.90 Å². The van der Waals surface area contributed by atoms with Gasteiger partial charge >= 0.3 is 12.1 Å². The lowest BCUT2D eigenvalue weighted by molar-refractivity contribution is -0.149. The first-order valence-corrected chi connectivity index (χ1v) is 10.8. The summed E-state index contributed by atoms with van der Waals surface area (Å²) < 4.78 is 10.6. The maximum absolute atomic E-state index is 12.6. The third-order valence-electron chi connectivity index (χ3n) is 3.50. The molecule has 1 aromatic rings. The SMILES string of the molecule is CCOC(=O)[C@H](CCSC)N(CCCBr)C(=O)OCc1ccccc1. The molecule has 0 aromatic heterocycles. The predicted octanol–water partition coefficient (Wildman–Crippen LogP) is 4.10. The van der Waals surface area contributed by atoms with Gasteiger partial charge in [-0.25, -0.2) is 9.59 Å². The summed E-state index contributed by atoms with van der Waals surface area (Å²) >= 11 is 5.01. The fourth-order valence-corrected chi connectivity index (χ4v) is 2.99. The number of rotatable bonds is 11. The number of hydrogen-bond donors (Lipinski definition) is 0. The largest absolute Gasteiger partial charge is 0.464 e. The van der Waals surface area contributed by atoms with Crippen molar-refractivity contribution >= 4 is 39.8 Å². The number of amides is 1. The third kappa shape index (κ3) is 8.14. The lowest BCUT2D eigenvalue weighted by atomic mass is 10.2. The molecular formula is C18H26BrNO4S. The van der Waals surface area contributed by atoms with Gasteiger partial charge in [0.25, 0.3) is 0 Å². The number of thioether (sulfide) groups is 1. The van der Waals surface area contributed by atoms with Gasteiger partial charge in [-0.1, -0.05) is 46.3 Å². The topological polar surface area (TPSA) is 55.8 Å². The Balaban J connectivity index is 2.81. The summed E-state index contributed by atoms with van der Waals surface area (Å²) in [5.41, 5.74) is 0.910. The second-order valence-electron chi connectivity index (χ2n) is 5.33. The maximum Gasteiger partial charge on any atom is 0.410 e. The summed E-state index contributed by atoms with van der Waals surface area (Å²) in [5.74, 6) is 0.392. The van der Waals surface area contributed by atoms with Crippen molar-refractivity contribution in [2.75, 3.05) is 30.5 Å². The lowest BCUT2D eigenvalue weighted by Crippen LogP contribution is -2.47. The smallest absolute Gasteiger partial charge is 0.410 e. The van der Waals surface area contributed by atoms with Gasteiger partial charge < -0.3 is 9.47 Å². The molecule has 0 fully saturated rings. The van der Waals surface area contributed by atoms with Crippen LogP contribution in [-0.2, 0) is 20.9 Å². The Labute approximate surface area is 162 Å². The Morgan fingerprint density at radius 3 is 2.56 bits per heavy atom. The number of hydrogen-bond acceptors (Lipinski definition) is 5. The van der Waals surface area contributed by atoms with Gasteiger partial charge in [0.15, 0.2) is 0 Å². The minimum atomic E-state index is -0.616. The molecule has 0 bridgehead atoms. The monoisotopic (exact) mass is 431 g/mol. The molecule has 7 heteroatoms. The highest BCUT2D eigenvalue weighted by atomic mass is 79.9. The standard InChI is InChI=1S/C18H26BrNO4S/c1-3-23-17(21)16(10-13-25-2)20(12-7-11-19)18(22)24-14-15-8-5-4-6-9-15/h4-6,8-9,16H,3,7,10-14H2,1-2H3/t16-/m0/s1. The van der Waals surface area contributed by atoms with Crippen molar-refractivity contribution in [1.29, 1.82) is 0 Å². The number of nitrogens with zero attached hydrogens (tertiary/aromatic N) is 1. The Bertz CT molecular complexity index is 515. The number of benzene rings is 1. The van der Waals surface area contributed by atoms with E-state index in [4.69, 9.17) is 9.47 Å². The van der Waals surface area contributed by atoms with Gasteiger partial charge in [0.2, 0.25) is 0 Å². The van der Waals surface area contributed by atoms with E-state index in [1.54, 1.807) is 18.7 Å². The van der Waals surface area contributed by atoms with Crippen LogP contribution in [-0.4, -0.2) is 53.5 Å². The summed E-state index contributed by atoms with van der Waals surface area (Å²) in [6.07, 6.45) is 2.76. The van der Waals surface area contributed by atoms with Crippen molar-refractivity contribution in [1.82, 2.24) is 4.90 Å². The minimum Gasteiger partial charge on any atom is -0.464 e. The molecule has 25 heavy (non-hydrogen) atoms. The van der Waals surface area contributed by atoms with E-state index < -0.39 is 12.1 Å². The van der Waals surface area contributed by atoms with Crippen LogP contribution < -0.4 is 0 Å². The molecule has 0 unspecified atom stereocenters. The first-order valence-electron chi connectivity index (χ1n) is 8.32. The molecule has 0 aliphatic carbocycles. The summed E-state index contributed by atoms with van der Waals surface area (Å²) in [6.45, 7) is 2.68. The highest BCUT2D eigenvalue weighted by molar-refractivity contribution is 9.09. The zero-order chi connectivity index (χ0) is 18.5. The summed E-state index contributed by atoms with van der Waals surface area (Å²) in [7, 11) is 0. The van der Waals surface area contributed by atoms with E-state index in [0.717, 1.165) is 23.1 Å². The average Bonchev–Trinajstić information content (AvgIpc) is 2.63. The molecule has 0 radical (unpaired) electrons. The summed E-state index contributed by atoms with van der Waals surface area (Å²) in [6, 6.07) is 8.87. The summed E-state index contributed by atoms with van der Waals surface area (Å²) in [4.78, 5) is 26.4. The molecule has 0 spiro atoms. The van der Waals surface area contributed by atoms with Crippen LogP contribution in [0.4, 0.5) is 4.79 Å². The van der Waals surface area contributed by atoms with Crippen LogP contribution in [0.2, 0.25) is 0 Å². The second kappa shape index (κ2) is 13.1. The van der Waals surface area contributed by atoms with E-state index in [1.807, 2.05) is 36.6 Å². The Kier molecular flexibility index (Phi) is 11.4. The van der Waals surface area contributed by atoms with E-state index in [0.29, 0.717) is 19.6 Å². The van der Waals surface area contributed by atoms with Gasteiger partial charge in [0.05, 0.1) is 6.61 Å². The lowest BCUT2D eigenvalue weighted by Gasteiger charge is -2.29. The number of carbonyl (C=O) groups is 2. The number of ether oxygens (including phenoxy) is 2. The molecule has 1 atom stereocenters. The molecule has 1 aromatic carbocycles. The molecular weight excluding hydrogens is 406 g/mol. The van der Waals surface area contributed by atoms with E-state index in [1.165, 1.54) is 4.90 Å². The van der Waals surface area contributed by atoms with Crippen LogP contribution >= 0.6 is 27.7 Å². The number of esters is 1. The molecule has 0 aliphatic heterocycles. The zero-order valence-electron chi connectivity index (χ0n) is 14.8. The van der Waals surface area contributed by atoms with E-state index >= 15 is 0 Å². The third-order valence-corrected chi connectivity index (χ3v) is 4.71. The molecule has 0 N–H and O–H groups in total. The molecule has 0 saturated heterocycles. The predicted molar refractivity (Wildman–Crippen MR) is 105 cm³/mol. The molecule has 5 nitrogen and oxygen atoms in total. The Morgan fingerprint density at radius 2 is 1.96 bits per heavy atom. The van der Waals surface area contributed by atoms with Crippen LogP contribution in [0, 0.1) is 0 Å². The average molecular weight is 432 g/mol. The normalized spacial score (nSPS) is 11.6. The van der Waals surface area contributed by atoms with Crippen LogP contribution in [0.15, 0.2) is 30.3 Å². The number of alkyl halides is 1. The molecule has 1 rings (SSSR count). The number of carbonyl (C=O) groups excluding carboxylic acids is 2. The van der Waals surface area contributed by atoms with Gasteiger partial charge in [-0.05, 0) is 37.3 Å². The van der Waals surface area contributed by atoms with Gasteiger partial charge in [-0.2, -0.15) is 11.8 Å². The van der Waals surface area contributed by atoms with Crippen LogP contribution in [0.3, 0.4) is 0 Å². The van der Waals surface area contributed by atoms with Crippen LogP contribution in [0.1, 0.15) is 25.3 Å². The first kappa shape index (κ1) is 21.8. The van der Waals surface area contributed by atoms with Crippen LogP contribution in [0.25, 0.3) is 0 Å². The van der Waals surface area contributed by atoms with Crippen LogP contribution in [0.5, 0.6) is 0 Å². The Hall–Kier alpha value is -1.21. The van der Waals surface area contributed by atoms with E-state index in [9.17, 15) is 9.59 Å². The molecule has 0 aliphatic rings. The van der Waals surface area contributed by atoms with Crippen molar-refractivity contribution in [2.45, 2.75) is 32.4 Å². The minimum absolute atomic E-state index is 0.183.